The van der Waals surface area contributed by atoms with Crippen LogP contribution in [0, 0.1) is 0 Å². The zero-order valence-electron chi connectivity index (χ0n) is 11.3. The van der Waals surface area contributed by atoms with Crippen molar-refractivity contribution in [1.29, 1.82) is 0 Å². The summed E-state index contributed by atoms with van der Waals surface area (Å²) in [5.74, 6) is 0.147. The molecule has 1 unspecified atom stereocenters. The lowest BCUT2D eigenvalue weighted by Gasteiger charge is -2.11. The second kappa shape index (κ2) is 5.03. The number of hydrogen-bond acceptors (Lipinski definition) is 4. The fourth-order valence-corrected chi connectivity index (χ4v) is 4.36. The molecule has 1 aliphatic rings. The van der Waals surface area contributed by atoms with Crippen molar-refractivity contribution in [2.45, 2.75) is 17.4 Å². The fraction of sp³-hybridized carbons (Fsp3) is 0.357. The Balaban J connectivity index is 1.68. The van der Waals surface area contributed by atoms with Gasteiger partial charge in [0.25, 0.3) is 0 Å². The minimum atomic E-state index is -3.13. The molecular weight excluding hydrogens is 274 g/mol. The maximum atomic E-state index is 12.0. The number of hydrogen-bond donors (Lipinski definition) is 1. The summed E-state index contributed by atoms with van der Waals surface area (Å²) in [6.45, 7) is 0.714. The summed E-state index contributed by atoms with van der Waals surface area (Å²) >= 11 is 0. The predicted octanol–water partition coefficient (Wildman–Crippen LogP) is 1.08. The maximum absolute atomic E-state index is 12.0. The summed E-state index contributed by atoms with van der Waals surface area (Å²) in [6.07, 6.45) is 2.70. The van der Waals surface area contributed by atoms with Crippen molar-refractivity contribution in [3.05, 3.63) is 47.8 Å². The van der Waals surface area contributed by atoms with Crippen LogP contribution in [0.25, 0.3) is 0 Å². The summed E-state index contributed by atoms with van der Waals surface area (Å²) in [4.78, 5) is 0.468. The van der Waals surface area contributed by atoms with Gasteiger partial charge in [0.2, 0.25) is 0 Å². The number of fused-ring (bicyclic) bond motifs is 1. The van der Waals surface area contributed by atoms with Crippen molar-refractivity contribution in [2.24, 2.45) is 7.05 Å². The zero-order chi connectivity index (χ0) is 14.2. The van der Waals surface area contributed by atoms with E-state index >= 15 is 0 Å². The summed E-state index contributed by atoms with van der Waals surface area (Å²) in [5, 5.41) is 7.63. The normalized spacial score (nSPS) is 19.9. The van der Waals surface area contributed by atoms with Crippen molar-refractivity contribution in [3.8, 4) is 0 Å². The number of aromatic nitrogens is 2. The van der Waals surface area contributed by atoms with Crippen LogP contribution < -0.4 is 5.32 Å². The number of sulfone groups is 1. The quantitative estimate of drug-likeness (QED) is 0.915. The molecule has 2 aromatic rings. The van der Waals surface area contributed by atoms with Crippen LogP contribution in [0.15, 0.2) is 41.4 Å². The molecule has 1 aromatic heterocycles. The van der Waals surface area contributed by atoms with Gasteiger partial charge in [-0.3, -0.25) is 4.68 Å². The maximum Gasteiger partial charge on any atom is 0.180 e. The van der Waals surface area contributed by atoms with Crippen LogP contribution >= 0.6 is 0 Å². The van der Waals surface area contributed by atoms with E-state index in [4.69, 9.17) is 0 Å². The van der Waals surface area contributed by atoms with Crippen molar-refractivity contribution in [1.82, 2.24) is 15.1 Å². The third kappa shape index (κ3) is 2.48. The second-order valence-electron chi connectivity index (χ2n) is 5.06. The molecule has 0 saturated heterocycles. The van der Waals surface area contributed by atoms with Gasteiger partial charge in [0.1, 0.15) is 0 Å². The Labute approximate surface area is 118 Å². The van der Waals surface area contributed by atoms with Crippen molar-refractivity contribution in [2.75, 3.05) is 12.3 Å². The van der Waals surface area contributed by atoms with Gasteiger partial charge in [-0.2, -0.15) is 5.10 Å². The number of benzene rings is 1. The first kappa shape index (κ1) is 13.3. The van der Waals surface area contributed by atoms with Crippen molar-refractivity contribution >= 4 is 9.84 Å². The Morgan fingerprint density at radius 1 is 1.35 bits per heavy atom. The Hall–Kier alpha value is -1.66. The third-order valence-electron chi connectivity index (χ3n) is 3.56. The van der Waals surface area contributed by atoms with E-state index in [2.05, 4.69) is 10.4 Å². The number of aryl methyl sites for hydroxylation is 1. The topological polar surface area (TPSA) is 64.0 Å². The summed E-state index contributed by atoms with van der Waals surface area (Å²) in [6, 6.07) is 9.09. The average molecular weight is 291 g/mol. The minimum absolute atomic E-state index is 0.111. The fourth-order valence-electron chi connectivity index (χ4n) is 2.59. The van der Waals surface area contributed by atoms with Crippen LogP contribution in [-0.2, 0) is 23.3 Å². The summed E-state index contributed by atoms with van der Waals surface area (Å²) < 4.78 is 25.9. The van der Waals surface area contributed by atoms with E-state index in [1.807, 2.05) is 31.4 Å². The van der Waals surface area contributed by atoms with E-state index in [1.54, 1.807) is 16.8 Å². The largest absolute Gasteiger partial charge is 0.309 e. The molecule has 5 nitrogen and oxygen atoms in total. The molecule has 2 heterocycles. The highest BCUT2D eigenvalue weighted by molar-refractivity contribution is 7.91. The highest BCUT2D eigenvalue weighted by Crippen LogP contribution is 2.32. The Morgan fingerprint density at radius 2 is 2.15 bits per heavy atom. The molecular formula is C14H17N3O2S. The number of nitrogens with one attached hydrogen (secondary N) is 1. The van der Waals surface area contributed by atoms with E-state index < -0.39 is 9.84 Å². The van der Waals surface area contributed by atoms with Crippen LogP contribution in [-0.4, -0.2) is 30.5 Å². The molecule has 0 fully saturated rings. The predicted molar refractivity (Wildman–Crippen MR) is 76.2 cm³/mol. The lowest BCUT2D eigenvalue weighted by Crippen LogP contribution is -2.25. The molecule has 1 aromatic carbocycles. The Bertz CT molecular complexity index is 722. The molecule has 1 N–H and O–H groups in total. The van der Waals surface area contributed by atoms with Crippen LogP contribution in [0.1, 0.15) is 17.3 Å². The van der Waals surface area contributed by atoms with Gasteiger partial charge >= 0.3 is 0 Å². The van der Waals surface area contributed by atoms with Crippen LogP contribution in [0.2, 0.25) is 0 Å². The first-order chi connectivity index (χ1) is 9.56. The molecule has 0 amide bonds. The lowest BCUT2D eigenvalue weighted by atomic mass is 10.1. The Kier molecular flexibility index (Phi) is 3.35. The zero-order valence-corrected chi connectivity index (χ0v) is 12.1. The second-order valence-corrected chi connectivity index (χ2v) is 7.06. The van der Waals surface area contributed by atoms with E-state index in [9.17, 15) is 8.42 Å². The highest BCUT2D eigenvalue weighted by Gasteiger charge is 2.33. The molecule has 3 rings (SSSR count). The van der Waals surface area contributed by atoms with Gasteiger partial charge in [0.05, 0.1) is 16.3 Å². The molecule has 1 atom stereocenters. The van der Waals surface area contributed by atoms with Gasteiger partial charge < -0.3 is 5.32 Å². The van der Waals surface area contributed by atoms with E-state index in [0.717, 1.165) is 17.7 Å². The SMILES string of the molecule is Cn1ccc(CCNC2CS(=O)(=O)c3ccccc32)n1. The van der Waals surface area contributed by atoms with Gasteiger partial charge in [0.15, 0.2) is 9.84 Å². The van der Waals surface area contributed by atoms with Crippen LogP contribution in [0.3, 0.4) is 0 Å². The average Bonchev–Trinajstić information content (AvgIpc) is 2.93. The lowest BCUT2D eigenvalue weighted by molar-refractivity contribution is 0.564. The van der Waals surface area contributed by atoms with E-state index in [0.29, 0.717) is 11.4 Å². The van der Waals surface area contributed by atoms with Crippen molar-refractivity contribution < 1.29 is 8.42 Å². The van der Waals surface area contributed by atoms with Crippen LogP contribution in [0.4, 0.5) is 0 Å². The molecule has 6 heteroatoms. The van der Waals surface area contributed by atoms with Crippen molar-refractivity contribution in [3.63, 3.8) is 0 Å². The monoisotopic (exact) mass is 291 g/mol. The minimum Gasteiger partial charge on any atom is -0.309 e. The van der Waals surface area contributed by atoms with Gasteiger partial charge in [-0.1, -0.05) is 18.2 Å². The highest BCUT2D eigenvalue weighted by atomic mass is 32.2. The number of nitrogens with zero attached hydrogens (tertiary/aromatic N) is 2. The first-order valence-corrected chi connectivity index (χ1v) is 8.25. The van der Waals surface area contributed by atoms with Gasteiger partial charge in [-0.05, 0) is 17.7 Å². The smallest absolute Gasteiger partial charge is 0.180 e. The molecule has 0 spiro atoms. The van der Waals surface area contributed by atoms with E-state index in [1.165, 1.54) is 0 Å². The van der Waals surface area contributed by atoms with Gasteiger partial charge in [0, 0.05) is 32.3 Å². The molecule has 0 saturated carbocycles. The molecule has 0 bridgehead atoms. The van der Waals surface area contributed by atoms with E-state index in [-0.39, 0.29) is 11.8 Å². The molecule has 0 aliphatic carbocycles. The Morgan fingerprint density at radius 3 is 2.90 bits per heavy atom. The molecule has 1 aliphatic heterocycles. The molecule has 20 heavy (non-hydrogen) atoms. The van der Waals surface area contributed by atoms with Crippen LogP contribution in [0.5, 0.6) is 0 Å². The summed E-state index contributed by atoms with van der Waals surface area (Å²) in [7, 11) is -1.24. The standard InChI is InChI=1S/C14H17N3O2S/c1-17-9-7-11(16-17)6-8-15-13-10-20(18,19)14-5-3-2-4-12(13)14/h2-5,7,9,13,15H,6,8,10H2,1H3. The molecule has 106 valence electrons. The molecule has 0 radical (unpaired) electrons. The first-order valence-electron chi connectivity index (χ1n) is 6.60. The summed E-state index contributed by atoms with van der Waals surface area (Å²) in [5.41, 5.74) is 1.89. The number of rotatable bonds is 4. The van der Waals surface area contributed by atoms with Gasteiger partial charge in [-0.15, -0.1) is 0 Å². The third-order valence-corrected chi connectivity index (χ3v) is 5.37. The van der Waals surface area contributed by atoms with Gasteiger partial charge in [-0.25, -0.2) is 8.42 Å².